The molecule has 0 unspecified atom stereocenters. The molecule has 0 bridgehead atoms. The third kappa shape index (κ3) is 2.86. The molecule has 0 saturated heterocycles. The Hall–Kier alpha value is -2.05. The van der Waals surface area contributed by atoms with Crippen LogP contribution in [0.1, 0.15) is 12.0 Å². The predicted molar refractivity (Wildman–Crippen MR) is 61.3 cm³/mol. The van der Waals surface area contributed by atoms with Crippen molar-refractivity contribution in [2.24, 2.45) is 0 Å². The second kappa shape index (κ2) is 4.91. The molecule has 1 heterocycles. The van der Waals surface area contributed by atoms with Crippen molar-refractivity contribution in [2.75, 3.05) is 11.4 Å². The Morgan fingerprint density at radius 2 is 1.95 bits per heavy atom. The second-order valence-corrected chi connectivity index (χ2v) is 4.11. The lowest BCUT2D eigenvalue weighted by Gasteiger charge is -2.27. The molecule has 0 spiro atoms. The van der Waals surface area contributed by atoms with E-state index in [-0.39, 0.29) is 31.1 Å². The van der Waals surface area contributed by atoms with Crippen LogP contribution in [-0.2, 0) is 16.1 Å². The molecule has 1 aliphatic heterocycles. The molecule has 0 aliphatic carbocycles. The van der Waals surface area contributed by atoms with Gasteiger partial charge in [0.25, 0.3) is 0 Å². The largest absolute Gasteiger partial charge is 0.471 e. The van der Waals surface area contributed by atoms with Crippen LogP contribution in [0.3, 0.4) is 0 Å². The molecule has 0 saturated carbocycles. The van der Waals surface area contributed by atoms with Gasteiger partial charge in [-0.1, -0.05) is 18.2 Å². The normalized spacial score (nSPS) is 16.2. The number of para-hydroxylation sites is 1. The summed E-state index contributed by atoms with van der Waals surface area (Å²) in [6, 6.07) is 6.22. The van der Waals surface area contributed by atoms with Gasteiger partial charge in [0.05, 0.1) is 0 Å². The quantitative estimate of drug-likeness (QED) is 0.780. The highest BCUT2D eigenvalue weighted by atomic mass is 19.4. The van der Waals surface area contributed by atoms with Crippen LogP contribution in [0.15, 0.2) is 24.3 Å². The zero-order valence-electron chi connectivity index (χ0n) is 9.83. The van der Waals surface area contributed by atoms with Gasteiger partial charge in [0, 0.05) is 25.2 Å². The number of benzene rings is 1. The zero-order chi connectivity index (χ0) is 14.0. The van der Waals surface area contributed by atoms with Crippen molar-refractivity contribution in [3.8, 4) is 0 Å². The molecule has 1 N–H and O–H groups in total. The van der Waals surface area contributed by atoms with E-state index in [1.54, 1.807) is 18.2 Å². The van der Waals surface area contributed by atoms with E-state index in [0.29, 0.717) is 10.5 Å². The number of fused-ring (bicyclic) bond motifs is 1. The maximum Gasteiger partial charge on any atom is 0.471 e. The number of alkyl halides is 3. The predicted octanol–water partition coefficient (Wildman–Crippen LogP) is 1.60. The average Bonchev–Trinajstić information content (AvgIpc) is 2.34. The van der Waals surface area contributed by atoms with E-state index in [4.69, 9.17) is 0 Å². The van der Waals surface area contributed by atoms with Crippen molar-refractivity contribution in [1.29, 1.82) is 0 Å². The fourth-order valence-electron chi connectivity index (χ4n) is 1.90. The first-order valence-corrected chi connectivity index (χ1v) is 5.63. The van der Waals surface area contributed by atoms with Crippen molar-refractivity contribution >= 4 is 17.5 Å². The van der Waals surface area contributed by atoms with Gasteiger partial charge in [-0.15, -0.1) is 0 Å². The highest BCUT2D eigenvalue weighted by Crippen LogP contribution is 2.27. The van der Waals surface area contributed by atoms with Gasteiger partial charge in [-0.05, 0) is 11.6 Å². The van der Waals surface area contributed by atoms with E-state index < -0.39 is 12.1 Å². The molecular formula is C12H11F3N2O2. The monoisotopic (exact) mass is 272 g/mol. The smallest absolute Gasteiger partial charge is 0.352 e. The van der Waals surface area contributed by atoms with E-state index in [1.807, 2.05) is 0 Å². The van der Waals surface area contributed by atoms with Crippen molar-refractivity contribution in [3.05, 3.63) is 29.8 Å². The molecule has 0 atom stereocenters. The number of hydrogen-bond donors (Lipinski definition) is 1. The van der Waals surface area contributed by atoms with Crippen LogP contribution < -0.4 is 10.2 Å². The van der Waals surface area contributed by atoms with Gasteiger partial charge in [-0.2, -0.15) is 13.2 Å². The van der Waals surface area contributed by atoms with E-state index >= 15 is 0 Å². The minimum Gasteiger partial charge on any atom is -0.352 e. The molecule has 7 heteroatoms. The van der Waals surface area contributed by atoms with Crippen molar-refractivity contribution in [1.82, 2.24) is 5.32 Å². The number of nitrogens with one attached hydrogen (secondary N) is 1. The third-order valence-electron chi connectivity index (χ3n) is 2.81. The maximum absolute atomic E-state index is 12.6. The Bertz CT molecular complexity index is 514. The number of anilines is 1. The average molecular weight is 272 g/mol. The second-order valence-electron chi connectivity index (χ2n) is 4.11. The van der Waals surface area contributed by atoms with Crippen LogP contribution in [0.25, 0.3) is 0 Å². The minimum absolute atomic E-state index is 0.108. The Labute approximate surface area is 107 Å². The Morgan fingerprint density at radius 3 is 2.63 bits per heavy atom. The topological polar surface area (TPSA) is 49.4 Å². The number of halogens is 3. The number of nitrogens with zero attached hydrogens (tertiary/aromatic N) is 1. The number of carbonyl (C=O) groups excluding carboxylic acids is 2. The lowest BCUT2D eigenvalue weighted by atomic mass is 10.1. The van der Waals surface area contributed by atoms with Crippen molar-refractivity contribution in [2.45, 2.75) is 19.1 Å². The first-order valence-electron chi connectivity index (χ1n) is 5.63. The molecule has 19 heavy (non-hydrogen) atoms. The minimum atomic E-state index is -4.96. The van der Waals surface area contributed by atoms with Crippen LogP contribution in [0.4, 0.5) is 18.9 Å². The van der Waals surface area contributed by atoms with Crippen LogP contribution in [0, 0.1) is 0 Å². The summed E-state index contributed by atoms with van der Waals surface area (Å²) in [4.78, 5) is 23.4. The van der Waals surface area contributed by atoms with Gasteiger partial charge in [0.15, 0.2) is 0 Å². The lowest BCUT2D eigenvalue weighted by Crippen LogP contribution is -2.45. The standard InChI is InChI=1S/C12H11F3N2O2/c13-12(14,15)11(19)17-6-5-10(18)16-7-8-3-1-2-4-9(8)17/h1-4H,5-7H2,(H,16,18). The molecule has 1 aliphatic rings. The number of carbonyl (C=O) groups is 2. The number of rotatable bonds is 0. The molecule has 2 amide bonds. The first kappa shape index (κ1) is 13.4. The van der Waals surface area contributed by atoms with Gasteiger partial charge in [-0.25, -0.2) is 0 Å². The van der Waals surface area contributed by atoms with Crippen LogP contribution in [-0.4, -0.2) is 24.5 Å². The van der Waals surface area contributed by atoms with Gasteiger partial charge in [0.2, 0.25) is 5.91 Å². The van der Waals surface area contributed by atoms with Crippen LogP contribution in [0.5, 0.6) is 0 Å². The molecule has 0 radical (unpaired) electrons. The summed E-state index contributed by atoms with van der Waals surface area (Å²) in [7, 11) is 0. The third-order valence-corrected chi connectivity index (χ3v) is 2.81. The van der Waals surface area contributed by atoms with Crippen molar-refractivity contribution < 1.29 is 22.8 Å². The molecular weight excluding hydrogens is 261 g/mol. The van der Waals surface area contributed by atoms with Gasteiger partial charge in [0.1, 0.15) is 0 Å². The summed E-state index contributed by atoms with van der Waals surface area (Å²) >= 11 is 0. The number of amides is 2. The van der Waals surface area contributed by atoms with E-state index in [2.05, 4.69) is 5.32 Å². The number of hydrogen-bond acceptors (Lipinski definition) is 2. The molecule has 1 aromatic rings. The molecule has 0 fully saturated rings. The zero-order valence-corrected chi connectivity index (χ0v) is 9.83. The molecule has 0 aromatic heterocycles. The Morgan fingerprint density at radius 1 is 1.26 bits per heavy atom. The fraction of sp³-hybridized carbons (Fsp3) is 0.333. The molecule has 102 valence electrons. The van der Waals surface area contributed by atoms with Crippen LogP contribution in [0.2, 0.25) is 0 Å². The van der Waals surface area contributed by atoms with Gasteiger partial charge in [-0.3, -0.25) is 9.59 Å². The summed E-state index contributed by atoms with van der Waals surface area (Å²) in [6.07, 6.45) is -5.11. The van der Waals surface area contributed by atoms with Crippen molar-refractivity contribution in [3.63, 3.8) is 0 Å². The molecule has 2 rings (SSSR count). The Balaban J connectivity index is 2.42. The SMILES string of the molecule is O=C1CCN(C(=O)C(F)(F)F)c2ccccc2CN1. The lowest BCUT2D eigenvalue weighted by molar-refractivity contribution is -0.170. The van der Waals surface area contributed by atoms with Gasteiger partial charge < -0.3 is 10.2 Å². The molecule has 1 aromatic carbocycles. The summed E-state index contributed by atoms with van der Waals surface area (Å²) < 4.78 is 37.7. The molecule has 4 nitrogen and oxygen atoms in total. The van der Waals surface area contributed by atoms with E-state index in [9.17, 15) is 22.8 Å². The highest BCUT2D eigenvalue weighted by Gasteiger charge is 2.43. The maximum atomic E-state index is 12.6. The van der Waals surface area contributed by atoms with E-state index in [0.717, 1.165) is 0 Å². The van der Waals surface area contributed by atoms with Gasteiger partial charge >= 0.3 is 12.1 Å². The Kier molecular flexibility index (Phi) is 3.46. The van der Waals surface area contributed by atoms with E-state index in [1.165, 1.54) is 6.07 Å². The summed E-state index contributed by atoms with van der Waals surface area (Å²) in [5.41, 5.74) is 0.665. The fourth-order valence-corrected chi connectivity index (χ4v) is 1.90. The van der Waals surface area contributed by atoms with Crippen LogP contribution >= 0.6 is 0 Å². The first-order chi connectivity index (χ1) is 8.89. The summed E-state index contributed by atoms with van der Waals surface area (Å²) in [5, 5.41) is 2.58. The highest BCUT2D eigenvalue weighted by molar-refractivity contribution is 5.98. The summed E-state index contributed by atoms with van der Waals surface area (Å²) in [6.45, 7) is -0.183. The summed E-state index contributed by atoms with van der Waals surface area (Å²) in [5.74, 6) is -2.33.